The normalized spacial score (nSPS) is 10.4. The van der Waals surface area contributed by atoms with Gasteiger partial charge in [-0.25, -0.2) is 0 Å². The van der Waals surface area contributed by atoms with Crippen LogP contribution in [0.2, 0.25) is 5.02 Å². The highest BCUT2D eigenvalue weighted by atomic mass is 35.5. The molecule has 2 aromatic rings. The molecule has 0 fully saturated rings. The molecule has 0 amide bonds. The van der Waals surface area contributed by atoms with Crippen molar-refractivity contribution in [1.29, 1.82) is 0 Å². The first-order chi connectivity index (χ1) is 11.7. The summed E-state index contributed by atoms with van der Waals surface area (Å²) in [4.78, 5) is 0. The van der Waals surface area contributed by atoms with E-state index in [1.54, 1.807) is 12.3 Å². The van der Waals surface area contributed by atoms with Crippen LogP contribution in [0, 0.1) is 0 Å². The number of hydrazone groups is 1. The number of nitrogens with zero attached hydrogens (tertiary/aromatic N) is 1. The molecular weight excluding hydrogens is 342 g/mol. The second-order valence-electron chi connectivity index (χ2n) is 4.79. The van der Waals surface area contributed by atoms with Gasteiger partial charge in [0.1, 0.15) is 12.4 Å². The maximum Gasteiger partial charge on any atom is 0.187 e. The van der Waals surface area contributed by atoms with Crippen LogP contribution in [0.4, 0.5) is 0 Å². The molecule has 0 unspecified atom stereocenters. The van der Waals surface area contributed by atoms with E-state index in [1.165, 1.54) is 0 Å². The minimum atomic E-state index is 0.386. The van der Waals surface area contributed by atoms with Crippen molar-refractivity contribution in [3.8, 4) is 5.75 Å². The highest BCUT2D eigenvalue weighted by Crippen LogP contribution is 2.20. The van der Waals surface area contributed by atoms with E-state index in [-0.39, 0.29) is 0 Å². The van der Waals surface area contributed by atoms with Crippen LogP contribution in [0.25, 0.3) is 0 Å². The van der Waals surface area contributed by atoms with Crippen molar-refractivity contribution in [2.24, 2.45) is 5.10 Å². The molecule has 0 aliphatic heterocycles. The third kappa shape index (κ3) is 5.68. The predicted octanol–water partition coefficient (Wildman–Crippen LogP) is 3.90. The van der Waals surface area contributed by atoms with E-state index < -0.39 is 0 Å². The van der Waals surface area contributed by atoms with E-state index in [2.05, 4.69) is 22.4 Å². The standard InChI is InChI=1S/C18H18ClN3OS/c1-2-11-20-18(24)22-21-12-14-7-4-6-10-17(14)23-13-15-8-3-5-9-16(15)19/h2-10,12H,1,11,13H2,(H2,20,22,24). The summed E-state index contributed by atoms with van der Waals surface area (Å²) < 4.78 is 5.86. The molecular formula is C18H18ClN3OS. The predicted molar refractivity (Wildman–Crippen MR) is 104 cm³/mol. The molecule has 0 bridgehead atoms. The molecule has 0 radical (unpaired) electrons. The van der Waals surface area contributed by atoms with Crippen molar-refractivity contribution in [2.45, 2.75) is 6.61 Å². The third-order valence-corrected chi connectivity index (χ3v) is 3.64. The molecule has 2 N–H and O–H groups in total. The SMILES string of the molecule is C=CCNC(=S)NN=Cc1ccccc1OCc1ccccc1Cl. The Hall–Kier alpha value is -2.37. The van der Waals surface area contributed by atoms with E-state index in [9.17, 15) is 0 Å². The zero-order valence-electron chi connectivity index (χ0n) is 13.0. The van der Waals surface area contributed by atoms with E-state index in [0.717, 1.165) is 11.1 Å². The molecule has 2 rings (SSSR count). The second kappa shape index (κ2) is 9.70. The summed E-state index contributed by atoms with van der Waals surface area (Å²) in [7, 11) is 0. The summed E-state index contributed by atoms with van der Waals surface area (Å²) in [5.74, 6) is 0.716. The van der Waals surface area contributed by atoms with Gasteiger partial charge in [0, 0.05) is 22.7 Å². The van der Waals surface area contributed by atoms with Crippen molar-refractivity contribution in [2.75, 3.05) is 6.54 Å². The molecule has 0 aliphatic rings. The number of nitrogens with one attached hydrogen (secondary N) is 2. The summed E-state index contributed by atoms with van der Waals surface area (Å²) in [5.41, 5.74) is 4.51. The molecule has 0 spiro atoms. The number of rotatable bonds is 7. The summed E-state index contributed by atoms with van der Waals surface area (Å²) in [6.45, 7) is 4.58. The zero-order chi connectivity index (χ0) is 17.2. The van der Waals surface area contributed by atoms with Gasteiger partial charge in [0.05, 0.1) is 6.21 Å². The van der Waals surface area contributed by atoms with E-state index >= 15 is 0 Å². The van der Waals surface area contributed by atoms with Crippen LogP contribution >= 0.6 is 23.8 Å². The lowest BCUT2D eigenvalue weighted by atomic mass is 10.2. The van der Waals surface area contributed by atoms with Gasteiger partial charge in [-0.1, -0.05) is 48.0 Å². The van der Waals surface area contributed by atoms with Crippen molar-refractivity contribution in [3.05, 3.63) is 77.3 Å². The fourth-order valence-electron chi connectivity index (χ4n) is 1.85. The second-order valence-corrected chi connectivity index (χ2v) is 5.60. The van der Waals surface area contributed by atoms with Crippen LogP contribution in [0.3, 0.4) is 0 Å². The van der Waals surface area contributed by atoms with Crippen molar-refractivity contribution in [3.63, 3.8) is 0 Å². The lowest BCUT2D eigenvalue weighted by Crippen LogP contribution is -2.31. The van der Waals surface area contributed by atoms with Gasteiger partial charge in [-0.05, 0) is 30.4 Å². The van der Waals surface area contributed by atoms with Gasteiger partial charge in [-0.15, -0.1) is 6.58 Å². The zero-order valence-corrected chi connectivity index (χ0v) is 14.6. The lowest BCUT2D eigenvalue weighted by molar-refractivity contribution is 0.306. The van der Waals surface area contributed by atoms with Gasteiger partial charge in [0.2, 0.25) is 0 Å². The molecule has 0 saturated heterocycles. The molecule has 4 nitrogen and oxygen atoms in total. The first-order valence-electron chi connectivity index (χ1n) is 7.33. The average Bonchev–Trinajstić information content (AvgIpc) is 2.60. The molecule has 6 heteroatoms. The molecule has 0 aliphatic carbocycles. The van der Waals surface area contributed by atoms with Crippen LogP contribution < -0.4 is 15.5 Å². The Morgan fingerprint density at radius 3 is 2.75 bits per heavy atom. The Balaban J connectivity index is 1.98. The Kier molecular flexibility index (Phi) is 7.26. The molecule has 24 heavy (non-hydrogen) atoms. The lowest BCUT2D eigenvalue weighted by Gasteiger charge is -2.10. The summed E-state index contributed by atoms with van der Waals surface area (Å²) >= 11 is 11.2. The van der Waals surface area contributed by atoms with Gasteiger partial charge in [-0.2, -0.15) is 5.10 Å². The number of halogens is 1. The van der Waals surface area contributed by atoms with Gasteiger partial charge >= 0.3 is 0 Å². The van der Waals surface area contributed by atoms with Crippen LogP contribution in [-0.4, -0.2) is 17.9 Å². The van der Waals surface area contributed by atoms with E-state index in [4.69, 9.17) is 28.6 Å². The first kappa shape index (κ1) is 18.0. The van der Waals surface area contributed by atoms with Gasteiger partial charge in [0.25, 0.3) is 0 Å². The van der Waals surface area contributed by atoms with Crippen molar-refractivity contribution >= 4 is 35.1 Å². The van der Waals surface area contributed by atoms with Gasteiger partial charge < -0.3 is 10.1 Å². The molecule has 124 valence electrons. The Morgan fingerprint density at radius 1 is 1.21 bits per heavy atom. The quantitative estimate of drug-likeness (QED) is 0.340. The molecule has 0 saturated carbocycles. The maximum atomic E-state index is 6.15. The average molecular weight is 360 g/mol. The number of hydrogen-bond donors (Lipinski definition) is 2. The highest BCUT2D eigenvalue weighted by Gasteiger charge is 2.03. The molecule has 0 atom stereocenters. The monoisotopic (exact) mass is 359 g/mol. The minimum absolute atomic E-state index is 0.386. The Morgan fingerprint density at radius 2 is 1.96 bits per heavy atom. The summed E-state index contributed by atoms with van der Waals surface area (Å²) in [5, 5.41) is 8.15. The molecule has 0 heterocycles. The van der Waals surface area contributed by atoms with Gasteiger partial charge in [0.15, 0.2) is 5.11 Å². The largest absolute Gasteiger partial charge is 0.488 e. The highest BCUT2D eigenvalue weighted by molar-refractivity contribution is 7.80. The van der Waals surface area contributed by atoms with Crippen molar-refractivity contribution in [1.82, 2.24) is 10.7 Å². The molecule has 0 aromatic heterocycles. The maximum absolute atomic E-state index is 6.15. The van der Waals surface area contributed by atoms with Crippen molar-refractivity contribution < 1.29 is 4.74 Å². The number of hydrogen-bond acceptors (Lipinski definition) is 3. The van der Waals surface area contributed by atoms with Crippen LogP contribution in [0.15, 0.2) is 66.3 Å². The Bertz CT molecular complexity index is 734. The van der Waals surface area contributed by atoms with Crippen LogP contribution in [-0.2, 0) is 6.61 Å². The number of ether oxygens (including phenoxy) is 1. The van der Waals surface area contributed by atoms with Crippen LogP contribution in [0.5, 0.6) is 5.75 Å². The summed E-state index contributed by atoms with van der Waals surface area (Å²) in [6, 6.07) is 15.2. The fourth-order valence-corrected chi connectivity index (χ4v) is 2.18. The van der Waals surface area contributed by atoms with Crippen LogP contribution in [0.1, 0.15) is 11.1 Å². The fraction of sp³-hybridized carbons (Fsp3) is 0.111. The third-order valence-electron chi connectivity index (χ3n) is 3.04. The first-order valence-corrected chi connectivity index (χ1v) is 8.12. The minimum Gasteiger partial charge on any atom is -0.488 e. The Labute approximate surface area is 152 Å². The topological polar surface area (TPSA) is 45.7 Å². The summed E-state index contributed by atoms with van der Waals surface area (Å²) in [6.07, 6.45) is 3.37. The van der Waals surface area contributed by atoms with Gasteiger partial charge in [-0.3, -0.25) is 5.43 Å². The number of para-hydroxylation sites is 1. The van der Waals surface area contributed by atoms with E-state index in [1.807, 2.05) is 48.5 Å². The number of thiocarbonyl (C=S) groups is 1. The molecule has 2 aromatic carbocycles. The number of benzene rings is 2. The smallest absolute Gasteiger partial charge is 0.187 e. The van der Waals surface area contributed by atoms with E-state index in [0.29, 0.717) is 29.0 Å².